The molecule has 126 valence electrons. The molecule has 2 N–H and O–H groups in total. The molecule has 3 rings (SSSR count). The topological polar surface area (TPSA) is 71.3 Å². The van der Waals surface area contributed by atoms with Crippen LogP contribution in [0.5, 0.6) is 0 Å². The average molecular weight is 403 g/mol. The van der Waals surface area contributed by atoms with E-state index in [1.54, 1.807) is 24.3 Å². The van der Waals surface area contributed by atoms with Crippen LogP contribution >= 0.6 is 15.9 Å². The van der Waals surface area contributed by atoms with Crippen molar-refractivity contribution in [1.82, 2.24) is 4.57 Å². The van der Waals surface area contributed by atoms with Crippen LogP contribution in [0.2, 0.25) is 0 Å². The minimum atomic E-state index is -4.68. The standard InChI is InChI=1S/C15H10BrF3N2O3/c16-7-2-1-3-8(4-7)21-6-9(14(23)24)12-13(21)10(15(17,18)19)5-11(22)20-12/h1-4,6,10H,5H2,(H,20,22)(H,23,24). The van der Waals surface area contributed by atoms with Crippen molar-refractivity contribution >= 4 is 33.5 Å². The summed E-state index contributed by atoms with van der Waals surface area (Å²) in [5, 5.41) is 11.5. The van der Waals surface area contributed by atoms with Gasteiger partial charge in [0, 0.05) is 22.8 Å². The van der Waals surface area contributed by atoms with Crippen molar-refractivity contribution in [3.63, 3.8) is 0 Å². The second-order valence-corrected chi connectivity index (χ2v) is 6.22. The highest BCUT2D eigenvalue weighted by molar-refractivity contribution is 9.10. The van der Waals surface area contributed by atoms with Crippen molar-refractivity contribution in [2.45, 2.75) is 18.5 Å². The Bertz CT molecular complexity index is 845. The van der Waals surface area contributed by atoms with E-state index >= 15 is 0 Å². The number of hydrogen-bond donors (Lipinski definition) is 2. The van der Waals surface area contributed by atoms with Gasteiger partial charge in [-0.05, 0) is 18.2 Å². The van der Waals surface area contributed by atoms with E-state index in [1.807, 2.05) is 0 Å². The van der Waals surface area contributed by atoms with E-state index in [0.717, 1.165) is 6.20 Å². The van der Waals surface area contributed by atoms with E-state index in [1.165, 1.54) is 4.57 Å². The van der Waals surface area contributed by atoms with E-state index < -0.39 is 30.4 Å². The van der Waals surface area contributed by atoms with Crippen LogP contribution in [0.4, 0.5) is 18.9 Å². The number of alkyl halides is 3. The van der Waals surface area contributed by atoms with Gasteiger partial charge in [-0.15, -0.1) is 0 Å². The van der Waals surface area contributed by atoms with E-state index in [-0.39, 0.29) is 16.9 Å². The molecule has 5 nitrogen and oxygen atoms in total. The molecule has 1 unspecified atom stereocenters. The van der Waals surface area contributed by atoms with Crippen LogP contribution in [-0.4, -0.2) is 27.7 Å². The minimum absolute atomic E-state index is 0.280. The van der Waals surface area contributed by atoms with Crippen molar-refractivity contribution in [2.75, 3.05) is 5.32 Å². The molecule has 1 aromatic carbocycles. The van der Waals surface area contributed by atoms with Gasteiger partial charge in [0.1, 0.15) is 11.5 Å². The fourth-order valence-electron chi connectivity index (χ4n) is 2.74. The summed E-state index contributed by atoms with van der Waals surface area (Å²) in [6.45, 7) is 0. The number of rotatable bonds is 2. The lowest BCUT2D eigenvalue weighted by molar-refractivity contribution is -0.157. The summed E-state index contributed by atoms with van der Waals surface area (Å²) in [4.78, 5) is 23.0. The van der Waals surface area contributed by atoms with Crippen LogP contribution in [0.3, 0.4) is 0 Å². The number of fused-ring (bicyclic) bond motifs is 1. The lowest BCUT2D eigenvalue weighted by Gasteiger charge is -2.27. The predicted octanol–water partition coefficient (Wildman–Crippen LogP) is 3.93. The fourth-order valence-corrected chi connectivity index (χ4v) is 3.13. The van der Waals surface area contributed by atoms with Gasteiger partial charge in [0.05, 0.1) is 11.4 Å². The zero-order valence-electron chi connectivity index (χ0n) is 11.9. The first-order valence-corrected chi connectivity index (χ1v) is 7.59. The predicted molar refractivity (Wildman–Crippen MR) is 82.5 cm³/mol. The van der Waals surface area contributed by atoms with Gasteiger partial charge in [-0.3, -0.25) is 4.79 Å². The normalized spacial score (nSPS) is 17.3. The first-order chi connectivity index (χ1) is 11.2. The van der Waals surface area contributed by atoms with Crippen molar-refractivity contribution in [3.8, 4) is 5.69 Å². The number of nitrogens with zero attached hydrogens (tertiary/aromatic N) is 1. The third-order valence-corrected chi connectivity index (χ3v) is 4.23. The molecule has 1 amide bonds. The molecule has 0 radical (unpaired) electrons. The van der Waals surface area contributed by atoms with Gasteiger partial charge in [0.25, 0.3) is 0 Å². The number of aromatic carboxylic acids is 1. The quantitative estimate of drug-likeness (QED) is 0.799. The number of carbonyl (C=O) groups excluding carboxylic acids is 1. The first-order valence-electron chi connectivity index (χ1n) is 6.79. The molecule has 2 heterocycles. The summed E-state index contributed by atoms with van der Waals surface area (Å²) < 4.78 is 42.1. The van der Waals surface area contributed by atoms with Crippen LogP contribution in [0.1, 0.15) is 28.4 Å². The fraction of sp³-hybridized carbons (Fsp3) is 0.200. The molecule has 0 spiro atoms. The van der Waals surface area contributed by atoms with Gasteiger partial charge in [0.15, 0.2) is 0 Å². The molecule has 0 saturated carbocycles. The Morgan fingerprint density at radius 1 is 1.38 bits per heavy atom. The number of nitrogens with one attached hydrogen (secondary N) is 1. The van der Waals surface area contributed by atoms with Gasteiger partial charge in [-0.25, -0.2) is 4.79 Å². The van der Waals surface area contributed by atoms with Gasteiger partial charge in [-0.1, -0.05) is 22.0 Å². The van der Waals surface area contributed by atoms with Gasteiger partial charge < -0.3 is 15.0 Å². The maximum Gasteiger partial charge on any atom is 0.397 e. The maximum atomic E-state index is 13.4. The Hall–Kier alpha value is -2.29. The average Bonchev–Trinajstić information content (AvgIpc) is 2.84. The third-order valence-electron chi connectivity index (χ3n) is 3.74. The van der Waals surface area contributed by atoms with Crippen LogP contribution < -0.4 is 5.32 Å². The molecule has 1 atom stereocenters. The number of carboxylic acid groups (broad SMARTS) is 1. The second kappa shape index (κ2) is 5.66. The Kier molecular flexibility index (Phi) is 3.90. The molecule has 24 heavy (non-hydrogen) atoms. The van der Waals surface area contributed by atoms with E-state index in [9.17, 15) is 27.9 Å². The molecule has 1 aliphatic rings. The largest absolute Gasteiger partial charge is 0.478 e. The summed E-state index contributed by atoms with van der Waals surface area (Å²) in [5.41, 5.74) is -0.607. The number of hydrogen-bond acceptors (Lipinski definition) is 2. The Morgan fingerprint density at radius 2 is 2.08 bits per heavy atom. The minimum Gasteiger partial charge on any atom is -0.478 e. The van der Waals surface area contributed by atoms with Crippen molar-refractivity contribution < 1.29 is 27.9 Å². The molecule has 1 aliphatic heterocycles. The molecule has 1 aromatic heterocycles. The second-order valence-electron chi connectivity index (χ2n) is 5.30. The number of benzene rings is 1. The summed E-state index contributed by atoms with van der Waals surface area (Å²) in [5.74, 6) is -4.35. The zero-order chi connectivity index (χ0) is 17.6. The van der Waals surface area contributed by atoms with Gasteiger partial charge in [-0.2, -0.15) is 13.2 Å². The summed E-state index contributed by atoms with van der Waals surface area (Å²) >= 11 is 3.23. The molecule has 0 fully saturated rings. The highest BCUT2D eigenvalue weighted by Gasteiger charge is 2.48. The third kappa shape index (κ3) is 2.79. The molecule has 0 saturated heterocycles. The number of carbonyl (C=O) groups is 2. The van der Waals surface area contributed by atoms with Crippen molar-refractivity contribution in [3.05, 3.63) is 46.2 Å². The number of amides is 1. The zero-order valence-corrected chi connectivity index (χ0v) is 13.5. The first kappa shape index (κ1) is 16.6. The number of anilines is 1. The smallest absolute Gasteiger partial charge is 0.397 e. The van der Waals surface area contributed by atoms with Crippen molar-refractivity contribution in [2.24, 2.45) is 0 Å². The molecular formula is C15H10BrF3N2O3. The Morgan fingerprint density at radius 3 is 2.67 bits per heavy atom. The molecule has 0 bridgehead atoms. The van der Waals surface area contributed by atoms with Crippen LogP contribution in [0.25, 0.3) is 5.69 Å². The van der Waals surface area contributed by atoms with Crippen LogP contribution in [0, 0.1) is 0 Å². The highest BCUT2D eigenvalue weighted by atomic mass is 79.9. The van der Waals surface area contributed by atoms with E-state index in [4.69, 9.17) is 0 Å². The molecule has 2 aromatic rings. The number of halogens is 4. The Labute approximate surface area is 142 Å². The maximum absolute atomic E-state index is 13.4. The molecular weight excluding hydrogens is 393 g/mol. The lowest BCUT2D eigenvalue weighted by atomic mass is 9.94. The van der Waals surface area contributed by atoms with Crippen LogP contribution in [0.15, 0.2) is 34.9 Å². The SMILES string of the molecule is O=C1CC(C(F)(F)F)c2c(c(C(=O)O)cn2-c2cccc(Br)c2)N1. The monoisotopic (exact) mass is 402 g/mol. The lowest BCUT2D eigenvalue weighted by Crippen LogP contribution is -2.33. The van der Waals surface area contributed by atoms with Crippen molar-refractivity contribution in [1.29, 1.82) is 0 Å². The highest BCUT2D eigenvalue weighted by Crippen LogP contribution is 2.46. The van der Waals surface area contributed by atoms with Crippen LogP contribution in [-0.2, 0) is 4.79 Å². The summed E-state index contributed by atoms with van der Waals surface area (Å²) in [6, 6.07) is 6.44. The van der Waals surface area contributed by atoms with Gasteiger partial charge >= 0.3 is 12.1 Å². The van der Waals surface area contributed by atoms with Gasteiger partial charge in [0.2, 0.25) is 5.91 Å². The molecule has 0 aliphatic carbocycles. The van der Waals surface area contributed by atoms with E-state index in [2.05, 4.69) is 21.2 Å². The summed E-state index contributed by atoms with van der Waals surface area (Å²) in [7, 11) is 0. The molecule has 9 heteroatoms. The number of carboxylic acids is 1. The number of aromatic nitrogens is 1. The van der Waals surface area contributed by atoms with E-state index in [0.29, 0.717) is 10.2 Å². The Balaban J connectivity index is 2.30. The summed E-state index contributed by atoms with van der Waals surface area (Å²) in [6.07, 6.45) is -4.36.